The molecule has 2 heterocycles. The minimum atomic E-state index is -0.956. The number of carboxylic acids is 1. The number of rotatable bonds is 4. The van der Waals surface area contributed by atoms with Crippen LogP contribution in [0.15, 0.2) is 24.3 Å². The van der Waals surface area contributed by atoms with Crippen molar-refractivity contribution in [3.8, 4) is 0 Å². The zero-order chi connectivity index (χ0) is 20.5. The molecule has 1 aliphatic rings. The van der Waals surface area contributed by atoms with Crippen LogP contribution in [0, 0.1) is 0 Å². The zero-order valence-corrected chi connectivity index (χ0v) is 17.3. The number of benzene rings is 1. The summed E-state index contributed by atoms with van der Waals surface area (Å²) in [4.78, 5) is 30.8. The van der Waals surface area contributed by atoms with Gasteiger partial charge in [-0.25, -0.2) is 9.78 Å². The zero-order valence-electron chi connectivity index (χ0n) is 16.4. The molecule has 1 aliphatic heterocycles. The van der Waals surface area contributed by atoms with Crippen molar-refractivity contribution < 1.29 is 19.8 Å². The smallest absolute Gasteiger partial charge is 0.347 e. The normalized spacial score (nSPS) is 15.6. The summed E-state index contributed by atoms with van der Waals surface area (Å²) in [7, 11) is 0. The summed E-state index contributed by atoms with van der Waals surface area (Å²) >= 11 is 1.23. The molecular formula is C21H26N2O4S. The lowest BCUT2D eigenvalue weighted by atomic mass is 9.98. The molecule has 0 radical (unpaired) electrons. The van der Waals surface area contributed by atoms with Gasteiger partial charge in [-0.2, -0.15) is 0 Å². The van der Waals surface area contributed by atoms with Crippen LogP contribution in [-0.4, -0.2) is 51.2 Å². The largest absolute Gasteiger partial charge is 0.477 e. The fourth-order valence-corrected chi connectivity index (χ4v) is 4.15. The Morgan fingerprint density at radius 1 is 1.18 bits per heavy atom. The van der Waals surface area contributed by atoms with Gasteiger partial charge in [0.1, 0.15) is 4.88 Å². The van der Waals surface area contributed by atoms with E-state index in [9.17, 15) is 19.8 Å². The van der Waals surface area contributed by atoms with Gasteiger partial charge in [0.15, 0.2) is 0 Å². The highest BCUT2D eigenvalue weighted by Gasteiger charge is 2.25. The summed E-state index contributed by atoms with van der Waals surface area (Å²) < 4.78 is 0. The number of aliphatic hydroxyl groups is 1. The van der Waals surface area contributed by atoms with Gasteiger partial charge in [0.05, 0.1) is 16.8 Å². The summed E-state index contributed by atoms with van der Waals surface area (Å²) in [6.07, 6.45) is 1.33. The van der Waals surface area contributed by atoms with Crippen molar-refractivity contribution >= 4 is 23.2 Å². The van der Waals surface area contributed by atoms with Crippen LogP contribution in [0.1, 0.15) is 69.9 Å². The summed E-state index contributed by atoms with van der Waals surface area (Å²) in [5, 5.41) is 19.9. The van der Waals surface area contributed by atoms with E-state index in [2.05, 4.69) is 4.98 Å². The summed E-state index contributed by atoms with van der Waals surface area (Å²) in [5.74, 6) is -0.990. The van der Waals surface area contributed by atoms with Crippen LogP contribution in [0.3, 0.4) is 0 Å². The molecule has 1 aromatic heterocycles. The van der Waals surface area contributed by atoms with Gasteiger partial charge in [0.25, 0.3) is 5.91 Å². The molecule has 6 nitrogen and oxygen atoms in total. The number of thiazole rings is 1. The van der Waals surface area contributed by atoms with Crippen LogP contribution in [0.4, 0.5) is 0 Å². The van der Waals surface area contributed by atoms with Crippen molar-refractivity contribution in [3.05, 3.63) is 51.0 Å². The van der Waals surface area contributed by atoms with Gasteiger partial charge in [0, 0.05) is 30.5 Å². The minimum absolute atomic E-state index is 0.0339. The van der Waals surface area contributed by atoms with E-state index in [4.69, 9.17) is 0 Å². The fraction of sp³-hybridized carbons (Fsp3) is 0.476. The molecule has 2 aromatic rings. The Bertz CT molecular complexity index is 860. The molecule has 7 heteroatoms. The number of aromatic nitrogens is 1. The van der Waals surface area contributed by atoms with E-state index in [1.165, 1.54) is 11.3 Å². The molecule has 0 bridgehead atoms. The SMILES string of the molecule is CC(C)(C)c1nc(Cc2ccc(C(=O)N3CCC(O)CC3)cc2)c(C(=O)O)s1. The van der Waals surface area contributed by atoms with Crippen LogP contribution >= 0.6 is 11.3 Å². The summed E-state index contributed by atoms with van der Waals surface area (Å²) in [6, 6.07) is 7.27. The monoisotopic (exact) mass is 402 g/mol. The molecule has 0 spiro atoms. The van der Waals surface area contributed by atoms with Crippen LogP contribution in [0.2, 0.25) is 0 Å². The molecule has 1 saturated heterocycles. The lowest BCUT2D eigenvalue weighted by Gasteiger charge is -2.29. The lowest BCUT2D eigenvalue weighted by Crippen LogP contribution is -2.40. The highest BCUT2D eigenvalue weighted by molar-refractivity contribution is 7.13. The lowest BCUT2D eigenvalue weighted by molar-refractivity contribution is 0.0546. The number of nitrogens with zero attached hydrogens (tertiary/aromatic N) is 2. The van der Waals surface area contributed by atoms with Crippen molar-refractivity contribution in [3.63, 3.8) is 0 Å². The Kier molecular flexibility index (Phi) is 5.86. The predicted molar refractivity (Wildman–Crippen MR) is 108 cm³/mol. The number of likely N-dealkylation sites (tertiary alicyclic amines) is 1. The second-order valence-electron chi connectivity index (χ2n) is 8.25. The second kappa shape index (κ2) is 8.01. The fourth-order valence-electron chi connectivity index (χ4n) is 3.17. The average Bonchev–Trinajstić information content (AvgIpc) is 3.07. The van der Waals surface area contributed by atoms with E-state index in [0.717, 1.165) is 10.6 Å². The van der Waals surface area contributed by atoms with Gasteiger partial charge >= 0.3 is 5.97 Å². The van der Waals surface area contributed by atoms with Gasteiger partial charge in [0.2, 0.25) is 0 Å². The Morgan fingerprint density at radius 2 is 1.79 bits per heavy atom. The van der Waals surface area contributed by atoms with Gasteiger partial charge in [-0.05, 0) is 30.5 Å². The molecule has 0 unspecified atom stereocenters. The topological polar surface area (TPSA) is 90.7 Å². The molecule has 1 fully saturated rings. The number of amides is 1. The first kappa shape index (κ1) is 20.5. The van der Waals surface area contributed by atoms with Gasteiger partial charge in [-0.15, -0.1) is 11.3 Å². The van der Waals surface area contributed by atoms with Gasteiger partial charge < -0.3 is 15.1 Å². The third-order valence-electron chi connectivity index (χ3n) is 4.86. The molecule has 150 valence electrons. The molecule has 0 aliphatic carbocycles. The van der Waals surface area contributed by atoms with E-state index in [-0.39, 0.29) is 22.3 Å². The van der Waals surface area contributed by atoms with Crippen molar-refractivity contribution in [1.29, 1.82) is 0 Å². The number of aliphatic hydroxyl groups excluding tert-OH is 1. The van der Waals surface area contributed by atoms with Crippen LogP contribution in [-0.2, 0) is 11.8 Å². The Labute approximate surface area is 168 Å². The molecule has 28 heavy (non-hydrogen) atoms. The van der Waals surface area contributed by atoms with Crippen LogP contribution < -0.4 is 0 Å². The standard InChI is InChI=1S/C21H26N2O4S/c1-21(2,3)20-22-16(17(28-20)19(26)27)12-13-4-6-14(7-5-13)18(25)23-10-8-15(24)9-11-23/h4-7,15,24H,8-12H2,1-3H3,(H,26,27). The number of hydrogen-bond acceptors (Lipinski definition) is 5. The van der Waals surface area contributed by atoms with Crippen LogP contribution in [0.25, 0.3) is 0 Å². The quantitative estimate of drug-likeness (QED) is 0.819. The summed E-state index contributed by atoms with van der Waals surface area (Å²) in [6.45, 7) is 7.18. The number of carbonyl (C=O) groups excluding carboxylic acids is 1. The third kappa shape index (κ3) is 4.59. The maximum absolute atomic E-state index is 12.6. The average molecular weight is 403 g/mol. The van der Waals surface area contributed by atoms with E-state index < -0.39 is 5.97 Å². The minimum Gasteiger partial charge on any atom is -0.477 e. The number of carbonyl (C=O) groups is 2. The molecule has 1 aromatic carbocycles. The van der Waals surface area contributed by atoms with Gasteiger partial charge in [-0.1, -0.05) is 32.9 Å². The molecule has 0 saturated carbocycles. The number of aromatic carboxylic acids is 1. The van der Waals surface area contributed by atoms with Crippen molar-refractivity contribution in [1.82, 2.24) is 9.88 Å². The predicted octanol–water partition coefficient (Wildman–Crippen LogP) is 3.33. The summed E-state index contributed by atoms with van der Waals surface area (Å²) in [5.41, 5.74) is 1.88. The first-order chi connectivity index (χ1) is 13.1. The molecule has 0 atom stereocenters. The Morgan fingerprint density at radius 3 is 2.32 bits per heavy atom. The number of hydrogen-bond donors (Lipinski definition) is 2. The van der Waals surface area contributed by atoms with E-state index in [1.807, 2.05) is 32.9 Å². The van der Waals surface area contributed by atoms with Gasteiger partial charge in [-0.3, -0.25) is 4.79 Å². The second-order valence-corrected chi connectivity index (χ2v) is 9.25. The molecule has 2 N–H and O–H groups in total. The Hall–Kier alpha value is -2.25. The molecule has 1 amide bonds. The van der Waals surface area contributed by atoms with E-state index >= 15 is 0 Å². The van der Waals surface area contributed by atoms with Crippen LogP contribution in [0.5, 0.6) is 0 Å². The number of piperidine rings is 1. The highest BCUT2D eigenvalue weighted by atomic mass is 32.1. The van der Waals surface area contributed by atoms with E-state index in [0.29, 0.717) is 43.6 Å². The molecule has 3 rings (SSSR count). The first-order valence-corrected chi connectivity index (χ1v) is 10.3. The van der Waals surface area contributed by atoms with Crippen molar-refractivity contribution in [2.24, 2.45) is 0 Å². The highest BCUT2D eigenvalue weighted by Crippen LogP contribution is 2.30. The maximum Gasteiger partial charge on any atom is 0.347 e. The van der Waals surface area contributed by atoms with Crippen molar-refractivity contribution in [2.75, 3.05) is 13.1 Å². The third-order valence-corrected chi connectivity index (χ3v) is 6.37. The molecular weight excluding hydrogens is 376 g/mol. The number of carboxylic acid groups (broad SMARTS) is 1. The van der Waals surface area contributed by atoms with E-state index in [1.54, 1.807) is 17.0 Å². The Balaban J connectivity index is 1.75. The van der Waals surface area contributed by atoms with Crippen molar-refractivity contribution in [2.45, 2.75) is 51.6 Å². The maximum atomic E-state index is 12.6. The first-order valence-electron chi connectivity index (χ1n) is 9.45.